The second kappa shape index (κ2) is 10.4. The molecule has 2 heterocycles. The molecule has 1 unspecified atom stereocenters. The average Bonchev–Trinajstić information content (AvgIpc) is 3.23. The van der Waals surface area contributed by atoms with Crippen LogP contribution in [0.3, 0.4) is 0 Å². The first-order valence-corrected chi connectivity index (χ1v) is 11.7. The molecular formula is C25H27ClN4O5. The fourth-order valence-corrected chi connectivity index (χ4v) is 4.49. The van der Waals surface area contributed by atoms with E-state index in [0.717, 1.165) is 0 Å². The number of aromatic nitrogens is 2. The van der Waals surface area contributed by atoms with Crippen molar-refractivity contribution in [1.82, 2.24) is 14.9 Å². The molecule has 0 bridgehead atoms. The molecule has 1 fully saturated rings. The molecule has 1 aliphatic rings. The third-order valence-electron chi connectivity index (χ3n) is 6.01. The molecular weight excluding hydrogens is 472 g/mol. The van der Waals surface area contributed by atoms with Crippen LogP contribution in [0.5, 0.6) is 11.5 Å². The van der Waals surface area contributed by atoms with Gasteiger partial charge in [0.2, 0.25) is 11.8 Å². The molecule has 10 heteroatoms. The van der Waals surface area contributed by atoms with Gasteiger partial charge in [0.15, 0.2) is 0 Å². The lowest BCUT2D eigenvalue weighted by molar-refractivity contribution is -0.136. The molecule has 1 saturated heterocycles. The highest BCUT2D eigenvalue weighted by molar-refractivity contribution is 6.31. The number of rotatable bonds is 8. The van der Waals surface area contributed by atoms with Crippen molar-refractivity contribution in [3.63, 3.8) is 0 Å². The first kappa shape index (κ1) is 24.5. The monoisotopic (exact) mass is 498 g/mol. The van der Waals surface area contributed by atoms with Crippen LogP contribution in [0, 0.1) is 5.92 Å². The third kappa shape index (κ3) is 5.09. The number of carbonyl (C=O) groups is 2. The summed E-state index contributed by atoms with van der Waals surface area (Å²) < 4.78 is 10.7. The van der Waals surface area contributed by atoms with E-state index in [4.69, 9.17) is 21.1 Å². The average molecular weight is 499 g/mol. The molecule has 3 aromatic rings. The van der Waals surface area contributed by atoms with Gasteiger partial charge in [0.1, 0.15) is 17.3 Å². The van der Waals surface area contributed by atoms with Gasteiger partial charge in [0, 0.05) is 30.6 Å². The second-order valence-electron chi connectivity index (χ2n) is 8.38. The molecule has 184 valence electrons. The number of fused-ring (bicyclic) bond motifs is 1. The lowest BCUT2D eigenvalue weighted by atomic mass is 10.1. The fourth-order valence-electron chi connectivity index (χ4n) is 4.33. The van der Waals surface area contributed by atoms with Crippen LogP contribution >= 0.6 is 11.6 Å². The highest BCUT2D eigenvalue weighted by atomic mass is 35.5. The summed E-state index contributed by atoms with van der Waals surface area (Å²) >= 11 is 6.06. The number of hydrogen-bond acceptors (Lipinski definition) is 6. The van der Waals surface area contributed by atoms with Crippen LogP contribution in [0.2, 0.25) is 5.02 Å². The zero-order chi connectivity index (χ0) is 25.1. The predicted molar refractivity (Wildman–Crippen MR) is 133 cm³/mol. The first-order valence-electron chi connectivity index (χ1n) is 11.3. The molecule has 1 N–H and O–H groups in total. The van der Waals surface area contributed by atoms with Crippen LogP contribution in [0.15, 0.2) is 41.2 Å². The van der Waals surface area contributed by atoms with E-state index in [1.165, 1.54) is 7.11 Å². The van der Waals surface area contributed by atoms with E-state index in [0.29, 0.717) is 51.9 Å². The summed E-state index contributed by atoms with van der Waals surface area (Å²) in [7, 11) is 3.08. The van der Waals surface area contributed by atoms with Crippen LogP contribution in [0.25, 0.3) is 10.9 Å². The van der Waals surface area contributed by atoms with Crippen LogP contribution in [0.1, 0.15) is 25.6 Å². The summed E-state index contributed by atoms with van der Waals surface area (Å²) in [5.41, 5.74) is 0.733. The minimum atomic E-state index is -0.536. The Morgan fingerprint density at radius 2 is 2.00 bits per heavy atom. The largest absolute Gasteiger partial charge is 0.497 e. The molecule has 9 nitrogen and oxygen atoms in total. The van der Waals surface area contributed by atoms with Crippen LogP contribution in [-0.2, 0) is 16.1 Å². The number of halogens is 1. The van der Waals surface area contributed by atoms with Gasteiger partial charge in [0.05, 0.1) is 43.3 Å². The standard InChI is InChI=1S/C25H27ClN4O5/c1-4-9-29(14-22-27-19-11-16(26)5-7-18(19)24(32)28-22)25(33)15-10-23(31)30(13-15)20-12-17(34-2)6-8-21(20)35-3/h5-8,11-12,15H,4,9-10,13-14H2,1-3H3,(H,27,28,32). The number of anilines is 1. The molecule has 1 aromatic heterocycles. The SMILES string of the molecule is CCCN(Cc1nc2cc(Cl)ccc2c(=O)[nH]1)C(=O)C1CC(=O)N(c2cc(OC)ccc2OC)C1. The number of H-pyrrole nitrogens is 1. The van der Waals surface area contributed by atoms with Gasteiger partial charge < -0.3 is 24.3 Å². The summed E-state index contributed by atoms with van der Waals surface area (Å²) in [6.45, 7) is 2.77. The molecule has 0 aliphatic carbocycles. The molecule has 0 radical (unpaired) electrons. The number of aromatic amines is 1. The second-order valence-corrected chi connectivity index (χ2v) is 8.81. The summed E-state index contributed by atoms with van der Waals surface area (Å²) in [5.74, 6) is 0.599. The quantitative estimate of drug-likeness (QED) is 0.510. The number of nitrogens with one attached hydrogen (secondary N) is 1. The molecule has 4 rings (SSSR count). The van der Waals surface area contributed by atoms with Gasteiger partial charge in [-0.25, -0.2) is 4.98 Å². The third-order valence-corrected chi connectivity index (χ3v) is 6.25. The Bertz CT molecular complexity index is 1320. The van der Waals surface area contributed by atoms with E-state index in [-0.39, 0.29) is 36.9 Å². The molecule has 0 saturated carbocycles. The van der Waals surface area contributed by atoms with Crippen molar-refractivity contribution < 1.29 is 19.1 Å². The van der Waals surface area contributed by atoms with E-state index in [1.54, 1.807) is 53.3 Å². The highest BCUT2D eigenvalue weighted by Crippen LogP contribution is 2.36. The Morgan fingerprint density at radius 1 is 1.20 bits per heavy atom. The van der Waals surface area contributed by atoms with E-state index < -0.39 is 5.92 Å². The highest BCUT2D eigenvalue weighted by Gasteiger charge is 2.38. The molecule has 2 aromatic carbocycles. The summed E-state index contributed by atoms with van der Waals surface area (Å²) in [6, 6.07) is 10.1. The fraction of sp³-hybridized carbons (Fsp3) is 0.360. The number of methoxy groups -OCH3 is 2. The van der Waals surface area contributed by atoms with Crippen molar-refractivity contribution >= 4 is 40.0 Å². The Morgan fingerprint density at radius 3 is 2.71 bits per heavy atom. The van der Waals surface area contributed by atoms with E-state index in [1.807, 2.05) is 6.92 Å². The van der Waals surface area contributed by atoms with Gasteiger partial charge in [0.25, 0.3) is 5.56 Å². The Balaban J connectivity index is 1.57. The van der Waals surface area contributed by atoms with Crippen molar-refractivity contribution in [2.75, 3.05) is 32.2 Å². The molecule has 1 atom stereocenters. The Hall–Kier alpha value is -3.59. The Labute approximate surface area is 207 Å². The van der Waals surface area contributed by atoms with Crippen molar-refractivity contribution in [3.05, 3.63) is 57.6 Å². The topological polar surface area (TPSA) is 105 Å². The van der Waals surface area contributed by atoms with E-state index in [2.05, 4.69) is 9.97 Å². The lowest BCUT2D eigenvalue weighted by Crippen LogP contribution is -2.38. The number of hydrogen-bond donors (Lipinski definition) is 1. The maximum absolute atomic E-state index is 13.5. The summed E-state index contributed by atoms with van der Waals surface area (Å²) in [5, 5.41) is 0.899. The minimum absolute atomic E-state index is 0.0800. The number of amides is 2. The van der Waals surface area contributed by atoms with Crippen molar-refractivity contribution in [3.8, 4) is 11.5 Å². The number of nitrogens with zero attached hydrogens (tertiary/aromatic N) is 3. The molecule has 1 aliphatic heterocycles. The summed E-state index contributed by atoms with van der Waals surface area (Å²) in [6.07, 6.45) is 0.792. The van der Waals surface area contributed by atoms with Crippen LogP contribution in [0.4, 0.5) is 5.69 Å². The number of carbonyl (C=O) groups excluding carboxylic acids is 2. The maximum Gasteiger partial charge on any atom is 0.258 e. The predicted octanol–water partition coefficient (Wildman–Crippen LogP) is 3.39. The van der Waals surface area contributed by atoms with Crippen molar-refractivity contribution in [2.24, 2.45) is 5.92 Å². The van der Waals surface area contributed by atoms with E-state index >= 15 is 0 Å². The van der Waals surface area contributed by atoms with Crippen molar-refractivity contribution in [2.45, 2.75) is 26.3 Å². The molecule has 2 amide bonds. The Kier molecular flexibility index (Phi) is 7.25. The van der Waals surface area contributed by atoms with E-state index in [9.17, 15) is 14.4 Å². The van der Waals surface area contributed by atoms with Gasteiger partial charge >= 0.3 is 0 Å². The normalized spacial score (nSPS) is 15.5. The lowest BCUT2D eigenvalue weighted by Gasteiger charge is -2.25. The van der Waals surface area contributed by atoms with Gasteiger partial charge in [-0.05, 0) is 36.8 Å². The van der Waals surface area contributed by atoms with Gasteiger partial charge in [-0.2, -0.15) is 0 Å². The first-order chi connectivity index (χ1) is 16.8. The minimum Gasteiger partial charge on any atom is -0.497 e. The summed E-state index contributed by atoms with van der Waals surface area (Å²) in [4.78, 5) is 49.4. The molecule has 0 spiro atoms. The smallest absolute Gasteiger partial charge is 0.258 e. The maximum atomic E-state index is 13.5. The number of benzene rings is 2. The van der Waals surface area contributed by atoms with Gasteiger partial charge in [-0.3, -0.25) is 14.4 Å². The van der Waals surface area contributed by atoms with Gasteiger partial charge in [-0.15, -0.1) is 0 Å². The van der Waals surface area contributed by atoms with Crippen LogP contribution < -0.4 is 19.9 Å². The van der Waals surface area contributed by atoms with Gasteiger partial charge in [-0.1, -0.05) is 18.5 Å². The molecule has 35 heavy (non-hydrogen) atoms. The van der Waals surface area contributed by atoms with Crippen LogP contribution in [-0.4, -0.2) is 54.0 Å². The zero-order valence-corrected chi connectivity index (χ0v) is 20.6. The number of ether oxygens (including phenoxy) is 2. The zero-order valence-electron chi connectivity index (χ0n) is 19.8. The van der Waals surface area contributed by atoms with Crippen molar-refractivity contribution in [1.29, 1.82) is 0 Å².